The lowest BCUT2D eigenvalue weighted by atomic mass is 10.1. The molecule has 0 atom stereocenters. The fourth-order valence-corrected chi connectivity index (χ4v) is 3.89. The average Bonchev–Trinajstić information content (AvgIpc) is 3.41. The summed E-state index contributed by atoms with van der Waals surface area (Å²) >= 11 is 1.31. The molecule has 0 radical (unpaired) electrons. The van der Waals surface area contributed by atoms with Crippen LogP contribution in [-0.2, 0) is 4.74 Å². The number of carbonyl (C=O) groups is 4. The lowest BCUT2D eigenvalue weighted by Gasteiger charge is -2.12. The molecule has 0 unspecified atom stereocenters. The molecule has 0 aliphatic carbocycles. The third-order valence-electron chi connectivity index (χ3n) is 5.02. The Morgan fingerprint density at radius 1 is 0.970 bits per heavy atom. The van der Waals surface area contributed by atoms with Crippen molar-refractivity contribution in [2.24, 2.45) is 0 Å². The second-order valence-corrected chi connectivity index (χ2v) is 8.09. The first-order valence-corrected chi connectivity index (χ1v) is 11.0. The summed E-state index contributed by atoms with van der Waals surface area (Å²) in [5.74, 6) is -1.53. The summed E-state index contributed by atoms with van der Waals surface area (Å²) in [7, 11) is 1.55. The van der Waals surface area contributed by atoms with Crippen LogP contribution in [-0.4, -0.2) is 53.8 Å². The highest BCUT2D eigenvalue weighted by atomic mass is 32.1. The lowest BCUT2D eigenvalue weighted by Crippen LogP contribution is -2.31. The zero-order valence-corrected chi connectivity index (χ0v) is 18.5. The number of hydrogen-bond acceptors (Lipinski definition) is 7. The quantitative estimate of drug-likeness (QED) is 0.390. The first-order valence-electron chi connectivity index (χ1n) is 10.1. The number of hydrogen-bond donors (Lipinski definition) is 2. The Kier molecular flexibility index (Phi) is 6.57. The highest BCUT2D eigenvalue weighted by Gasteiger charge is 2.35. The number of aromatic nitrogens is 1. The highest BCUT2D eigenvalue weighted by Crippen LogP contribution is 2.25. The van der Waals surface area contributed by atoms with Gasteiger partial charge in [0.25, 0.3) is 23.6 Å². The van der Waals surface area contributed by atoms with Gasteiger partial charge in [0.1, 0.15) is 0 Å². The van der Waals surface area contributed by atoms with Crippen molar-refractivity contribution >= 4 is 45.8 Å². The van der Waals surface area contributed by atoms with Crippen LogP contribution in [0, 0.1) is 0 Å². The van der Waals surface area contributed by atoms with Gasteiger partial charge in [0, 0.05) is 48.7 Å². The van der Waals surface area contributed by atoms with Gasteiger partial charge in [0.15, 0.2) is 5.13 Å². The zero-order chi connectivity index (χ0) is 23.4. The van der Waals surface area contributed by atoms with Crippen LogP contribution in [0.1, 0.15) is 47.9 Å². The molecule has 1 aliphatic rings. The summed E-state index contributed by atoms with van der Waals surface area (Å²) in [5.41, 5.74) is 1.64. The van der Waals surface area contributed by atoms with Crippen molar-refractivity contribution in [3.05, 3.63) is 76.3 Å². The molecule has 168 valence electrons. The topological polar surface area (TPSA) is 118 Å². The van der Waals surface area contributed by atoms with Gasteiger partial charge in [0.05, 0.1) is 11.1 Å². The van der Waals surface area contributed by atoms with E-state index in [0.717, 1.165) is 0 Å². The summed E-state index contributed by atoms with van der Waals surface area (Å²) in [4.78, 5) is 55.2. The summed E-state index contributed by atoms with van der Waals surface area (Å²) in [6.45, 7) is 0.691. The van der Waals surface area contributed by atoms with Crippen molar-refractivity contribution in [2.75, 3.05) is 30.9 Å². The standard InChI is InChI=1S/C23H20N4O5S/c1-32-11-2-10-27-21(30)17-8-5-15(13-18(17)22(27)31)20(29)25-16-6-3-14(4-7-16)19(28)26-23-24-9-12-33-23/h3-9,12-13H,2,10-11H2,1H3,(H,25,29)(H,24,26,28). The molecule has 9 nitrogen and oxygen atoms in total. The molecular formula is C23H20N4O5S. The highest BCUT2D eigenvalue weighted by molar-refractivity contribution is 7.13. The average molecular weight is 465 g/mol. The summed E-state index contributed by atoms with van der Waals surface area (Å²) in [6.07, 6.45) is 2.13. The number of amides is 4. The van der Waals surface area contributed by atoms with Crippen molar-refractivity contribution in [2.45, 2.75) is 6.42 Å². The number of carbonyl (C=O) groups excluding carboxylic acids is 4. The molecule has 0 fully saturated rings. The molecule has 33 heavy (non-hydrogen) atoms. The molecule has 2 N–H and O–H groups in total. The van der Waals surface area contributed by atoms with E-state index < -0.39 is 11.8 Å². The Morgan fingerprint density at radius 3 is 2.36 bits per heavy atom. The minimum absolute atomic E-state index is 0.208. The third-order valence-corrected chi connectivity index (χ3v) is 5.71. The van der Waals surface area contributed by atoms with E-state index in [9.17, 15) is 19.2 Å². The second kappa shape index (κ2) is 9.72. The molecule has 3 aromatic rings. The number of imide groups is 1. The van der Waals surface area contributed by atoms with E-state index in [1.165, 1.54) is 34.4 Å². The fourth-order valence-electron chi connectivity index (χ4n) is 3.36. The van der Waals surface area contributed by atoms with Crippen molar-refractivity contribution in [1.82, 2.24) is 9.88 Å². The normalized spacial score (nSPS) is 12.6. The molecule has 2 aromatic carbocycles. The smallest absolute Gasteiger partial charge is 0.261 e. The Morgan fingerprint density at radius 2 is 1.67 bits per heavy atom. The van der Waals surface area contributed by atoms with E-state index in [4.69, 9.17) is 4.74 Å². The number of thiazole rings is 1. The van der Waals surface area contributed by atoms with Crippen LogP contribution in [0.3, 0.4) is 0 Å². The van der Waals surface area contributed by atoms with Crippen LogP contribution in [0.15, 0.2) is 54.0 Å². The summed E-state index contributed by atoms with van der Waals surface area (Å²) < 4.78 is 4.97. The number of benzene rings is 2. The second-order valence-electron chi connectivity index (χ2n) is 7.19. The van der Waals surface area contributed by atoms with Gasteiger partial charge in [-0.2, -0.15) is 0 Å². The van der Waals surface area contributed by atoms with E-state index in [2.05, 4.69) is 15.6 Å². The SMILES string of the molecule is COCCCN1C(=O)c2ccc(C(=O)Nc3ccc(C(=O)Nc4nccs4)cc3)cc2C1=O. The molecule has 0 saturated carbocycles. The van der Waals surface area contributed by atoms with Gasteiger partial charge in [0.2, 0.25) is 0 Å². The largest absolute Gasteiger partial charge is 0.385 e. The van der Waals surface area contributed by atoms with Gasteiger partial charge < -0.3 is 10.1 Å². The zero-order valence-electron chi connectivity index (χ0n) is 17.7. The van der Waals surface area contributed by atoms with Crippen LogP contribution >= 0.6 is 11.3 Å². The van der Waals surface area contributed by atoms with Crippen LogP contribution in [0.25, 0.3) is 0 Å². The molecule has 1 aliphatic heterocycles. The van der Waals surface area contributed by atoms with E-state index in [1.807, 2.05) is 0 Å². The van der Waals surface area contributed by atoms with Crippen molar-refractivity contribution in [1.29, 1.82) is 0 Å². The van der Waals surface area contributed by atoms with E-state index in [0.29, 0.717) is 29.4 Å². The molecule has 10 heteroatoms. The predicted molar refractivity (Wildman–Crippen MR) is 123 cm³/mol. The fraction of sp³-hybridized carbons (Fsp3) is 0.174. The summed E-state index contributed by atoms with van der Waals surface area (Å²) in [6, 6.07) is 10.8. The van der Waals surface area contributed by atoms with E-state index in [1.54, 1.807) is 43.0 Å². The Bertz CT molecular complexity index is 1210. The number of anilines is 2. The number of nitrogens with one attached hydrogen (secondary N) is 2. The molecule has 0 bridgehead atoms. The van der Waals surface area contributed by atoms with Crippen LogP contribution < -0.4 is 10.6 Å². The van der Waals surface area contributed by atoms with Gasteiger partial charge in [-0.15, -0.1) is 11.3 Å². The molecule has 0 spiro atoms. The van der Waals surface area contributed by atoms with Crippen molar-refractivity contribution in [3.63, 3.8) is 0 Å². The molecular weight excluding hydrogens is 444 g/mol. The van der Waals surface area contributed by atoms with Gasteiger partial charge in [-0.25, -0.2) is 4.98 Å². The van der Waals surface area contributed by atoms with Gasteiger partial charge in [-0.3, -0.25) is 29.4 Å². The molecule has 4 amide bonds. The molecule has 1 aromatic heterocycles. The van der Waals surface area contributed by atoms with Gasteiger partial charge >= 0.3 is 0 Å². The lowest BCUT2D eigenvalue weighted by molar-refractivity contribution is 0.0638. The van der Waals surface area contributed by atoms with Gasteiger partial charge in [-0.1, -0.05) is 0 Å². The first-order chi connectivity index (χ1) is 16.0. The minimum atomic E-state index is -0.434. The first kappa shape index (κ1) is 22.3. The van der Waals surface area contributed by atoms with Crippen LogP contribution in [0.5, 0.6) is 0 Å². The summed E-state index contributed by atoms with van der Waals surface area (Å²) in [5, 5.41) is 7.68. The number of rotatable bonds is 8. The maximum Gasteiger partial charge on any atom is 0.261 e. The van der Waals surface area contributed by atoms with Gasteiger partial charge in [-0.05, 0) is 48.9 Å². The maximum absolute atomic E-state index is 12.7. The molecule has 4 rings (SSSR count). The van der Waals surface area contributed by atoms with Crippen LogP contribution in [0.4, 0.5) is 10.8 Å². The Hall–Kier alpha value is -3.89. The predicted octanol–water partition coefficient (Wildman–Crippen LogP) is 3.28. The van der Waals surface area contributed by atoms with E-state index in [-0.39, 0.29) is 35.0 Å². The molecule has 0 saturated heterocycles. The van der Waals surface area contributed by atoms with E-state index >= 15 is 0 Å². The molecule has 2 heterocycles. The number of ether oxygens (including phenoxy) is 1. The van der Waals surface area contributed by atoms with Crippen molar-refractivity contribution in [3.8, 4) is 0 Å². The number of methoxy groups -OCH3 is 1. The van der Waals surface area contributed by atoms with Crippen molar-refractivity contribution < 1.29 is 23.9 Å². The monoisotopic (exact) mass is 464 g/mol. The van der Waals surface area contributed by atoms with Crippen LogP contribution in [0.2, 0.25) is 0 Å². The Labute approximate surface area is 193 Å². The number of nitrogens with zero attached hydrogens (tertiary/aromatic N) is 2. The minimum Gasteiger partial charge on any atom is -0.385 e. The third kappa shape index (κ3) is 4.81. The maximum atomic E-state index is 12.7. The Balaban J connectivity index is 1.42. The number of fused-ring (bicyclic) bond motifs is 1.